The summed E-state index contributed by atoms with van der Waals surface area (Å²) in [5.41, 5.74) is 0.989. The number of nitriles is 1. The van der Waals surface area contributed by atoms with Gasteiger partial charge in [0.05, 0.1) is 11.1 Å². The Morgan fingerprint density at radius 2 is 2.26 bits per heavy atom. The molecule has 0 aliphatic heterocycles. The first kappa shape index (κ1) is 13.5. The maximum Gasteiger partial charge on any atom is 0.252 e. The van der Waals surface area contributed by atoms with Crippen LogP contribution in [0.15, 0.2) is 18.5 Å². The normalized spacial score (nSPS) is 15.4. The Morgan fingerprint density at radius 3 is 2.84 bits per heavy atom. The van der Waals surface area contributed by atoms with Crippen LogP contribution in [0.5, 0.6) is 0 Å². The average Bonchev–Trinajstić information content (AvgIpc) is 2.33. The van der Waals surface area contributed by atoms with Gasteiger partial charge in [0.1, 0.15) is 6.07 Å². The minimum atomic E-state index is -0.156. The lowest BCUT2D eigenvalue weighted by Crippen LogP contribution is -2.41. The van der Waals surface area contributed by atoms with Crippen LogP contribution in [0.2, 0.25) is 0 Å². The van der Waals surface area contributed by atoms with E-state index in [9.17, 15) is 4.79 Å². The highest BCUT2D eigenvalue weighted by Gasteiger charge is 2.34. The monoisotopic (exact) mass is 257 g/mol. The fourth-order valence-corrected chi connectivity index (χ4v) is 2.37. The van der Waals surface area contributed by atoms with E-state index in [1.54, 1.807) is 6.07 Å². The quantitative estimate of drug-likeness (QED) is 0.901. The van der Waals surface area contributed by atoms with Gasteiger partial charge in [0.15, 0.2) is 0 Å². The van der Waals surface area contributed by atoms with Gasteiger partial charge in [0.2, 0.25) is 0 Å². The molecule has 1 aromatic rings. The van der Waals surface area contributed by atoms with Crippen molar-refractivity contribution < 1.29 is 4.79 Å². The highest BCUT2D eigenvalue weighted by Crippen LogP contribution is 2.41. The number of rotatable bonds is 4. The molecule has 1 amide bonds. The van der Waals surface area contributed by atoms with Crippen molar-refractivity contribution in [3.8, 4) is 6.07 Å². The molecule has 0 unspecified atom stereocenters. The second-order valence-corrected chi connectivity index (χ2v) is 5.87. The largest absolute Gasteiger partial charge is 0.351 e. The lowest BCUT2D eigenvalue weighted by Gasteiger charge is -2.40. The first-order valence-corrected chi connectivity index (χ1v) is 6.66. The number of nitrogens with zero attached hydrogens (tertiary/aromatic N) is 2. The summed E-state index contributed by atoms with van der Waals surface area (Å²) in [5.74, 6) is 0.549. The Labute approximate surface area is 113 Å². The lowest BCUT2D eigenvalue weighted by molar-refractivity contribution is 0.0858. The Morgan fingerprint density at radius 1 is 1.53 bits per heavy atom. The Kier molecular flexibility index (Phi) is 3.84. The summed E-state index contributed by atoms with van der Waals surface area (Å²) in [5, 5.41) is 11.7. The molecule has 1 N–H and O–H groups in total. The van der Waals surface area contributed by atoms with Crippen LogP contribution in [-0.4, -0.2) is 17.4 Å². The number of nitrogens with one attached hydrogen (secondary N) is 1. The van der Waals surface area contributed by atoms with Gasteiger partial charge in [0.25, 0.3) is 5.91 Å². The molecule has 0 spiro atoms. The topological polar surface area (TPSA) is 65.8 Å². The van der Waals surface area contributed by atoms with Crippen molar-refractivity contribution in [2.75, 3.05) is 6.54 Å². The third kappa shape index (κ3) is 3.11. The molecular weight excluding hydrogens is 238 g/mol. The summed E-state index contributed by atoms with van der Waals surface area (Å²) in [6.45, 7) is 5.05. The molecule has 1 aromatic heterocycles. The van der Waals surface area contributed by atoms with E-state index in [0.717, 1.165) is 0 Å². The third-order valence-corrected chi connectivity index (χ3v) is 4.04. The summed E-state index contributed by atoms with van der Waals surface area (Å²) in [7, 11) is 0. The van der Waals surface area contributed by atoms with Crippen LogP contribution < -0.4 is 5.32 Å². The second-order valence-electron chi connectivity index (χ2n) is 5.87. The maximum atomic E-state index is 12.0. The van der Waals surface area contributed by atoms with Gasteiger partial charge in [-0.05, 0) is 30.2 Å². The van der Waals surface area contributed by atoms with Gasteiger partial charge in [-0.3, -0.25) is 9.78 Å². The molecule has 19 heavy (non-hydrogen) atoms. The molecule has 1 fully saturated rings. The summed E-state index contributed by atoms with van der Waals surface area (Å²) < 4.78 is 0. The van der Waals surface area contributed by atoms with Crippen LogP contribution >= 0.6 is 0 Å². The summed E-state index contributed by atoms with van der Waals surface area (Å²) >= 11 is 0. The van der Waals surface area contributed by atoms with Crippen molar-refractivity contribution in [2.24, 2.45) is 11.3 Å². The zero-order valence-electron chi connectivity index (χ0n) is 11.4. The minimum Gasteiger partial charge on any atom is -0.351 e. The van der Waals surface area contributed by atoms with Crippen LogP contribution in [0.4, 0.5) is 0 Å². The molecule has 0 bridgehead atoms. The first-order chi connectivity index (χ1) is 9.03. The second kappa shape index (κ2) is 5.40. The van der Waals surface area contributed by atoms with Crippen molar-refractivity contribution in [3.63, 3.8) is 0 Å². The van der Waals surface area contributed by atoms with Crippen molar-refractivity contribution in [2.45, 2.75) is 33.1 Å². The summed E-state index contributed by atoms with van der Waals surface area (Å²) in [6, 6.07) is 3.56. The fourth-order valence-electron chi connectivity index (χ4n) is 2.37. The SMILES string of the molecule is CC(C)(CNC(=O)c1cncc(C#N)c1)C1CCC1. The lowest BCUT2D eigenvalue weighted by atomic mass is 9.67. The highest BCUT2D eigenvalue weighted by atomic mass is 16.1. The smallest absolute Gasteiger partial charge is 0.252 e. The highest BCUT2D eigenvalue weighted by molar-refractivity contribution is 5.94. The van der Waals surface area contributed by atoms with E-state index in [1.807, 2.05) is 6.07 Å². The molecule has 1 aliphatic carbocycles. The zero-order valence-corrected chi connectivity index (χ0v) is 11.4. The van der Waals surface area contributed by atoms with Crippen LogP contribution in [0.3, 0.4) is 0 Å². The van der Waals surface area contributed by atoms with E-state index in [4.69, 9.17) is 5.26 Å². The number of amides is 1. The van der Waals surface area contributed by atoms with Gasteiger partial charge >= 0.3 is 0 Å². The van der Waals surface area contributed by atoms with Crippen LogP contribution in [-0.2, 0) is 0 Å². The predicted molar refractivity (Wildman–Crippen MR) is 72.4 cm³/mol. The summed E-state index contributed by atoms with van der Waals surface area (Å²) in [6.07, 6.45) is 6.76. The molecule has 1 saturated carbocycles. The van der Waals surface area contributed by atoms with Crippen LogP contribution in [0.1, 0.15) is 49.0 Å². The molecule has 0 saturated heterocycles. The van der Waals surface area contributed by atoms with E-state index in [2.05, 4.69) is 24.1 Å². The molecule has 0 aromatic carbocycles. The molecule has 0 radical (unpaired) electrons. The Balaban J connectivity index is 1.95. The van der Waals surface area contributed by atoms with Crippen LogP contribution in [0.25, 0.3) is 0 Å². The standard InChI is InChI=1S/C15H19N3O/c1-15(2,13-4-3-5-13)10-18-14(19)12-6-11(7-16)8-17-9-12/h6,8-9,13H,3-5,10H2,1-2H3,(H,18,19). The molecule has 100 valence electrons. The van der Waals surface area contributed by atoms with Gasteiger partial charge in [-0.25, -0.2) is 0 Å². The van der Waals surface area contributed by atoms with Crippen molar-refractivity contribution in [3.05, 3.63) is 29.6 Å². The Hall–Kier alpha value is -1.89. The Bertz CT molecular complexity index is 512. The number of hydrogen-bond donors (Lipinski definition) is 1. The number of carbonyl (C=O) groups excluding carboxylic acids is 1. The van der Waals surface area contributed by atoms with Gasteiger partial charge in [-0.2, -0.15) is 5.26 Å². The zero-order chi connectivity index (χ0) is 13.9. The minimum absolute atomic E-state index is 0.133. The van der Waals surface area contributed by atoms with Gasteiger partial charge in [-0.1, -0.05) is 20.3 Å². The van der Waals surface area contributed by atoms with Gasteiger partial charge in [-0.15, -0.1) is 0 Å². The fraction of sp³-hybridized carbons (Fsp3) is 0.533. The molecule has 2 rings (SSSR count). The maximum absolute atomic E-state index is 12.0. The van der Waals surface area contributed by atoms with Crippen LogP contribution in [0, 0.1) is 22.7 Å². The van der Waals surface area contributed by atoms with E-state index in [1.165, 1.54) is 31.7 Å². The van der Waals surface area contributed by atoms with Gasteiger partial charge in [0, 0.05) is 18.9 Å². The van der Waals surface area contributed by atoms with Gasteiger partial charge < -0.3 is 5.32 Å². The van der Waals surface area contributed by atoms with Crippen molar-refractivity contribution >= 4 is 5.91 Å². The summed E-state index contributed by atoms with van der Waals surface area (Å²) in [4.78, 5) is 15.9. The molecular formula is C15H19N3O. The third-order valence-electron chi connectivity index (χ3n) is 4.04. The molecule has 4 nitrogen and oxygen atoms in total. The van der Waals surface area contributed by atoms with E-state index >= 15 is 0 Å². The van der Waals surface area contributed by atoms with E-state index < -0.39 is 0 Å². The number of hydrogen-bond acceptors (Lipinski definition) is 3. The average molecular weight is 257 g/mol. The number of pyridine rings is 1. The van der Waals surface area contributed by atoms with E-state index in [0.29, 0.717) is 23.6 Å². The molecule has 1 aliphatic rings. The molecule has 4 heteroatoms. The first-order valence-electron chi connectivity index (χ1n) is 6.66. The predicted octanol–water partition coefficient (Wildman–Crippen LogP) is 2.51. The number of carbonyl (C=O) groups is 1. The molecule has 1 heterocycles. The van der Waals surface area contributed by atoms with E-state index in [-0.39, 0.29) is 11.3 Å². The molecule has 0 atom stereocenters. The van der Waals surface area contributed by atoms with Crippen molar-refractivity contribution in [1.29, 1.82) is 5.26 Å². The number of aromatic nitrogens is 1. The van der Waals surface area contributed by atoms with Crippen molar-refractivity contribution in [1.82, 2.24) is 10.3 Å².